The molecule has 2 heterocycles. The molecule has 2 aliphatic rings. The molecule has 0 bridgehead atoms. The number of likely N-dealkylation sites (N-methyl/N-ethyl adjacent to an activating group) is 1. The number of halogens is 1. The van der Waals surface area contributed by atoms with Crippen molar-refractivity contribution in [2.45, 2.75) is 32.2 Å². The molecule has 4 rings (SSSR count). The summed E-state index contributed by atoms with van der Waals surface area (Å²) in [6.07, 6.45) is 1.81. The number of carbonyl (C=O) groups is 1. The predicted molar refractivity (Wildman–Crippen MR) is 102 cm³/mol. The molecule has 1 aromatic carbocycles. The predicted octanol–water partition coefficient (Wildman–Crippen LogP) is 3.14. The first-order chi connectivity index (χ1) is 17.6. The van der Waals surface area contributed by atoms with E-state index < -0.39 is 69.1 Å². The molecule has 5 nitrogen and oxygen atoms in total. The molecule has 0 unspecified atom stereocenters. The molecule has 0 spiro atoms. The number of nitrogens with zero attached hydrogens (tertiary/aromatic N) is 2. The smallest absolute Gasteiger partial charge is 0.317 e. The summed E-state index contributed by atoms with van der Waals surface area (Å²) in [4.78, 5) is 16.7. The Morgan fingerprint density at radius 3 is 3.12 bits per heavy atom. The van der Waals surface area contributed by atoms with Crippen molar-refractivity contribution in [1.29, 1.82) is 0 Å². The third-order valence-electron chi connectivity index (χ3n) is 4.87. The van der Waals surface area contributed by atoms with Crippen LogP contribution in [0.25, 0.3) is 16.5 Å². The standard InChI is InChI=1S/C20H25FN4O/c1-4-25(5-2)20(26)23-15-11-24(3)16-9-12-10-22-14-8-6-7-13(17(12)14)18(16)19(15)21/h6-8,10,15-16,22H,4-5,9,11H2,1-3H3,(H,23,26)/t15-,16-/m1/s1/i1D3,2D3,3D3,4D2,5D2. The average molecular weight is 370 g/mol. The molecule has 2 aromatic rings. The lowest BCUT2D eigenvalue weighted by Crippen LogP contribution is -2.54. The summed E-state index contributed by atoms with van der Waals surface area (Å²) >= 11 is 0. The van der Waals surface area contributed by atoms with E-state index >= 15 is 4.39 Å². The summed E-state index contributed by atoms with van der Waals surface area (Å²) in [7, 11) is 0. The topological polar surface area (TPSA) is 51.4 Å². The number of amides is 2. The van der Waals surface area contributed by atoms with E-state index in [9.17, 15) is 4.79 Å². The fourth-order valence-electron chi connectivity index (χ4n) is 3.73. The molecule has 0 radical (unpaired) electrons. The van der Waals surface area contributed by atoms with E-state index in [2.05, 4.69) is 4.98 Å². The maximum Gasteiger partial charge on any atom is 0.317 e. The van der Waals surface area contributed by atoms with E-state index in [0.717, 1.165) is 10.5 Å². The van der Waals surface area contributed by atoms with Crippen LogP contribution in [0.5, 0.6) is 0 Å². The monoisotopic (exact) mass is 369 g/mol. The molecule has 1 aliphatic carbocycles. The Morgan fingerprint density at radius 2 is 2.35 bits per heavy atom. The third-order valence-corrected chi connectivity index (χ3v) is 4.87. The van der Waals surface area contributed by atoms with Crippen molar-refractivity contribution in [1.82, 2.24) is 20.1 Å². The zero-order valence-electron chi connectivity index (χ0n) is 26.6. The lowest BCUT2D eigenvalue weighted by atomic mass is 9.80. The Balaban J connectivity index is 1.84. The Labute approximate surface area is 171 Å². The molecule has 1 aliphatic heterocycles. The first-order valence-electron chi connectivity index (χ1n) is 14.5. The largest absolute Gasteiger partial charge is 0.361 e. The number of benzene rings is 1. The van der Waals surface area contributed by atoms with Crippen molar-refractivity contribution in [2.75, 3.05) is 26.5 Å². The fraction of sp³-hybridized carbons (Fsp3) is 0.450. The second kappa shape index (κ2) is 6.43. The molecule has 1 aromatic heterocycles. The van der Waals surface area contributed by atoms with Crippen LogP contribution >= 0.6 is 0 Å². The molecule has 2 atom stereocenters. The number of nitrogens with one attached hydrogen (secondary N) is 2. The van der Waals surface area contributed by atoms with E-state index in [1.165, 1.54) is 0 Å². The third kappa shape index (κ3) is 2.51. The summed E-state index contributed by atoms with van der Waals surface area (Å²) in [5.74, 6) is -0.989. The number of rotatable bonds is 3. The maximum atomic E-state index is 16.2. The van der Waals surface area contributed by atoms with E-state index in [0.29, 0.717) is 16.5 Å². The number of hydrogen-bond acceptors (Lipinski definition) is 2. The highest BCUT2D eigenvalue weighted by Gasteiger charge is 2.39. The van der Waals surface area contributed by atoms with Gasteiger partial charge in [0.25, 0.3) is 0 Å². The minimum Gasteiger partial charge on any atom is -0.361 e. The number of carbonyl (C=O) groups excluding carboxylic acids is 1. The summed E-state index contributed by atoms with van der Waals surface area (Å²) in [5.41, 5.74) is 1.72. The van der Waals surface area contributed by atoms with E-state index in [1.807, 2.05) is 5.32 Å². The molecule has 2 amide bonds. The Kier molecular flexibility index (Phi) is 1.91. The molecule has 2 N–H and O–H groups in total. The van der Waals surface area contributed by atoms with Gasteiger partial charge in [0.1, 0.15) is 5.83 Å². The van der Waals surface area contributed by atoms with Crippen LogP contribution in [0.15, 0.2) is 30.2 Å². The van der Waals surface area contributed by atoms with Crippen molar-refractivity contribution in [3.63, 3.8) is 0 Å². The van der Waals surface area contributed by atoms with Crippen LogP contribution < -0.4 is 5.32 Å². The molecule has 0 saturated carbocycles. The van der Waals surface area contributed by atoms with Gasteiger partial charge >= 0.3 is 6.03 Å². The molecule has 138 valence electrons. The lowest BCUT2D eigenvalue weighted by Gasteiger charge is -2.41. The highest BCUT2D eigenvalue weighted by molar-refractivity contribution is 5.99. The summed E-state index contributed by atoms with van der Waals surface area (Å²) in [5, 5.41) is 2.63. The number of urea groups is 1. The minimum absolute atomic E-state index is 0.0513. The highest BCUT2D eigenvalue weighted by atomic mass is 19.1. The zero-order valence-corrected chi connectivity index (χ0v) is 13.6. The maximum absolute atomic E-state index is 16.2. The van der Waals surface area contributed by atoms with Gasteiger partial charge in [-0.15, -0.1) is 0 Å². The van der Waals surface area contributed by atoms with Gasteiger partial charge in [-0.25, -0.2) is 9.18 Å². The second-order valence-corrected chi connectivity index (χ2v) is 6.24. The van der Waals surface area contributed by atoms with Crippen LogP contribution in [0, 0.1) is 0 Å². The van der Waals surface area contributed by atoms with Gasteiger partial charge in [0, 0.05) is 66.1 Å². The van der Waals surface area contributed by atoms with Crippen LogP contribution in [0.1, 0.15) is 42.7 Å². The highest BCUT2D eigenvalue weighted by Crippen LogP contribution is 2.42. The minimum atomic E-state index is -3.85. The Morgan fingerprint density at radius 1 is 1.50 bits per heavy atom. The van der Waals surface area contributed by atoms with Crippen LogP contribution in [-0.4, -0.2) is 59.4 Å². The molecule has 0 saturated heterocycles. The van der Waals surface area contributed by atoms with Crippen molar-refractivity contribution in [2.24, 2.45) is 0 Å². The van der Waals surface area contributed by atoms with Crippen LogP contribution in [0.2, 0.25) is 0 Å². The van der Waals surface area contributed by atoms with E-state index in [-0.39, 0.29) is 12.0 Å². The Bertz CT molecular complexity index is 1300. The number of H-pyrrole nitrogens is 1. The fourth-order valence-corrected chi connectivity index (χ4v) is 3.73. The summed E-state index contributed by atoms with van der Waals surface area (Å²) in [6, 6.07) is 0.296. The van der Waals surface area contributed by atoms with Gasteiger partial charge in [0.05, 0.1) is 6.04 Å². The van der Waals surface area contributed by atoms with Crippen LogP contribution in [-0.2, 0) is 6.42 Å². The number of aromatic nitrogens is 1. The van der Waals surface area contributed by atoms with Crippen molar-refractivity contribution < 1.29 is 27.0 Å². The zero-order chi connectivity index (χ0) is 29.5. The second-order valence-electron chi connectivity index (χ2n) is 6.24. The van der Waals surface area contributed by atoms with Gasteiger partial charge in [-0.3, -0.25) is 4.90 Å². The molecular formula is C20H25FN4O. The molecule has 6 heteroatoms. The van der Waals surface area contributed by atoms with Gasteiger partial charge in [-0.2, -0.15) is 0 Å². The van der Waals surface area contributed by atoms with Crippen LogP contribution in [0.4, 0.5) is 9.18 Å². The summed E-state index contributed by atoms with van der Waals surface area (Å²) in [6.45, 7) is -18.6. The van der Waals surface area contributed by atoms with Gasteiger partial charge in [-0.1, -0.05) is 12.1 Å². The van der Waals surface area contributed by atoms with Crippen molar-refractivity contribution in [3.8, 4) is 0 Å². The van der Waals surface area contributed by atoms with Crippen molar-refractivity contribution >= 4 is 22.5 Å². The first-order valence-corrected chi connectivity index (χ1v) is 7.97. The van der Waals surface area contributed by atoms with Gasteiger partial charge in [0.15, 0.2) is 0 Å². The molecule has 0 fully saturated rings. The van der Waals surface area contributed by atoms with Gasteiger partial charge < -0.3 is 15.2 Å². The van der Waals surface area contributed by atoms with Gasteiger partial charge in [-0.05, 0) is 44.3 Å². The van der Waals surface area contributed by atoms with Gasteiger partial charge in [0.2, 0.25) is 0 Å². The lowest BCUT2D eigenvalue weighted by molar-refractivity contribution is 0.186. The average Bonchev–Trinajstić information content (AvgIpc) is 3.17. The quantitative estimate of drug-likeness (QED) is 0.873. The number of aromatic amines is 1. The normalized spacial score (nSPS) is 32.4. The Hall–Kier alpha value is -2.34. The van der Waals surface area contributed by atoms with Crippen LogP contribution in [0.3, 0.4) is 0 Å². The molecular weight excluding hydrogens is 331 g/mol. The number of hydrogen-bond donors (Lipinski definition) is 2. The number of fused-ring (bicyclic) bond motifs is 2. The van der Waals surface area contributed by atoms with E-state index in [1.54, 1.807) is 24.4 Å². The summed E-state index contributed by atoms with van der Waals surface area (Å²) < 4.78 is 117. The SMILES string of the molecule is [2H]C([2H])([2H])N1C[C@@H](NC(=O)N(C([2H])([2H])C([2H])([2H])[2H])C([2H])([2H])C([2H])([2H])[2H])C(F)=C2c3cccc4[nH]cc(c34)C[C@H]21. The molecule has 26 heavy (non-hydrogen) atoms. The van der Waals surface area contributed by atoms with Crippen molar-refractivity contribution in [3.05, 3.63) is 41.3 Å². The van der Waals surface area contributed by atoms with E-state index in [4.69, 9.17) is 17.8 Å². The first kappa shape index (κ1) is 7.72.